The fraction of sp³-hybridized carbons (Fsp3) is 0.414. The molecule has 2 saturated heterocycles. The maximum Gasteiger partial charge on any atom is 0.253 e. The lowest BCUT2D eigenvalue weighted by molar-refractivity contribution is 0.0724. The number of rotatable bonds is 7. The van der Waals surface area contributed by atoms with E-state index in [2.05, 4.69) is 5.32 Å². The highest BCUT2D eigenvalue weighted by molar-refractivity contribution is 5.95. The molecule has 5 rings (SSSR count). The maximum absolute atomic E-state index is 12.9. The molecule has 1 aromatic heterocycles. The van der Waals surface area contributed by atoms with Crippen molar-refractivity contribution in [3.63, 3.8) is 0 Å². The Balaban J connectivity index is 1.42. The summed E-state index contributed by atoms with van der Waals surface area (Å²) in [6.07, 6.45) is 7.29. The summed E-state index contributed by atoms with van der Waals surface area (Å²) in [5.74, 6) is 1.16. The van der Waals surface area contributed by atoms with Crippen molar-refractivity contribution in [3.8, 4) is 28.4 Å². The van der Waals surface area contributed by atoms with Crippen LogP contribution in [0.2, 0.25) is 0 Å². The molecule has 0 unspecified atom stereocenters. The fourth-order valence-electron chi connectivity index (χ4n) is 4.96. The molecule has 0 aliphatic carbocycles. The molecular formula is C29H35N5O2. The van der Waals surface area contributed by atoms with Gasteiger partial charge in [0.15, 0.2) is 0 Å². The monoisotopic (exact) mass is 485 g/mol. The number of aromatic nitrogens is 2. The van der Waals surface area contributed by atoms with E-state index < -0.39 is 0 Å². The molecule has 7 nitrogen and oxygen atoms in total. The minimum Gasteiger partial charge on any atom is -0.476 e. The van der Waals surface area contributed by atoms with Crippen LogP contribution in [0.25, 0.3) is 22.5 Å². The van der Waals surface area contributed by atoms with Crippen LogP contribution in [0.3, 0.4) is 0 Å². The number of likely N-dealkylation sites (tertiary alicyclic amines) is 1. The maximum atomic E-state index is 12.9. The van der Waals surface area contributed by atoms with Crippen LogP contribution >= 0.6 is 0 Å². The molecule has 3 heterocycles. The van der Waals surface area contributed by atoms with Gasteiger partial charge in [0.2, 0.25) is 5.88 Å². The van der Waals surface area contributed by atoms with Crippen LogP contribution in [0.4, 0.5) is 0 Å². The Hall–Kier alpha value is -3.29. The third-order valence-corrected chi connectivity index (χ3v) is 7.19. The Morgan fingerprint density at radius 3 is 2.31 bits per heavy atom. The molecule has 188 valence electrons. The number of nitrogens with one attached hydrogen (secondary N) is 1. The molecule has 0 spiro atoms. The van der Waals surface area contributed by atoms with Gasteiger partial charge < -0.3 is 20.7 Å². The predicted octanol–water partition coefficient (Wildman–Crippen LogP) is 4.27. The molecule has 0 bridgehead atoms. The van der Waals surface area contributed by atoms with Crippen LogP contribution in [0.1, 0.15) is 48.0 Å². The van der Waals surface area contributed by atoms with Crippen molar-refractivity contribution in [2.45, 2.75) is 38.6 Å². The molecule has 3 N–H and O–H groups in total. The number of piperidine rings is 2. The van der Waals surface area contributed by atoms with E-state index in [0.29, 0.717) is 30.5 Å². The second kappa shape index (κ2) is 11.6. The molecule has 2 aliphatic heterocycles. The Morgan fingerprint density at radius 2 is 1.61 bits per heavy atom. The minimum absolute atomic E-state index is 0.101. The van der Waals surface area contributed by atoms with E-state index in [1.165, 1.54) is 6.42 Å². The first kappa shape index (κ1) is 24.4. The quantitative estimate of drug-likeness (QED) is 0.519. The zero-order valence-corrected chi connectivity index (χ0v) is 20.8. The molecule has 1 amide bonds. The highest BCUT2D eigenvalue weighted by atomic mass is 16.5. The van der Waals surface area contributed by atoms with Crippen LogP contribution in [0.15, 0.2) is 54.7 Å². The Bertz CT molecular complexity index is 1150. The van der Waals surface area contributed by atoms with E-state index in [1.807, 2.05) is 53.4 Å². The largest absolute Gasteiger partial charge is 0.476 e. The van der Waals surface area contributed by atoms with Crippen molar-refractivity contribution in [2.24, 2.45) is 11.7 Å². The van der Waals surface area contributed by atoms with Gasteiger partial charge >= 0.3 is 0 Å². The zero-order valence-electron chi connectivity index (χ0n) is 20.8. The molecule has 0 saturated carbocycles. The van der Waals surface area contributed by atoms with Gasteiger partial charge in [-0.05, 0) is 68.8 Å². The summed E-state index contributed by atoms with van der Waals surface area (Å²) < 4.78 is 6.10. The fourth-order valence-corrected chi connectivity index (χ4v) is 4.96. The van der Waals surface area contributed by atoms with Crippen molar-refractivity contribution in [1.29, 1.82) is 0 Å². The number of nitrogens with zero attached hydrogens (tertiary/aromatic N) is 3. The highest BCUT2D eigenvalue weighted by Gasteiger charge is 2.20. The number of nitrogens with two attached hydrogens (primary N) is 1. The first-order chi connectivity index (χ1) is 17.7. The summed E-state index contributed by atoms with van der Waals surface area (Å²) in [7, 11) is 0. The van der Waals surface area contributed by atoms with E-state index in [9.17, 15) is 4.79 Å². The number of amides is 1. The van der Waals surface area contributed by atoms with Crippen LogP contribution < -0.4 is 15.8 Å². The molecule has 36 heavy (non-hydrogen) atoms. The highest BCUT2D eigenvalue weighted by Crippen LogP contribution is 2.31. The van der Waals surface area contributed by atoms with E-state index in [0.717, 1.165) is 79.9 Å². The lowest BCUT2D eigenvalue weighted by atomic mass is 9.99. The lowest BCUT2D eigenvalue weighted by Gasteiger charge is -2.26. The van der Waals surface area contributed by atoms with Crippen LogP contribution in [0.5, 0.6) is 5.88 Å². The first-order valence-electron chi connectivity index (χ1n) is 13.1. The summed E-state index contributed by atoms with van der Waals surface area (Å²) in [5.41, 5.74) is 11.0. The number of ether oxygens (including phenoxy) is 1. The molecule has 2 aliphatic rings. The van der Waals surface area contributed by atoms with Crippen LogP contribution in [-0.4, -0.2) is 53.6 Å². The molecule has 2 aromatic carbocycles. The molecule has 2 fully saturated rings. The van der Waals surface area contributed by atoms with Crippen molar-refractivity contribution >= 4 is 5.91 Å². The number of carbonyl (C=O) groups is 1. The minimum atomic E-state index is 0.101. The topological polar surface area (TPSA) is 93.4 Å². The zero-order chi connectivity index (χ0) is 24.7. The molecule has 0 radical (unpaired) electrons. The summed E-state index contributed by atoms with van der Waals surface area (Å²) in [6.45, 7) is 4.88. The van der Waals surface area contributed by atoms with Gasteiger partial charge in [-0.1, -0.05) is 36.4 Å². The summed E-state index contributed by atoms with van der Waals surface area (Å²) in [4.78, 5) is 24.6. The van der Waals surface area contributed by atoms with Crippen molar-refractivity contribution in [3.05, 3.63) is 65.9 Å². The second-order valence-corrected chi connectivity index (χ2v) is 9.74. The number of benzene rings is 2. The summed E-state index contributed by atoms with van der Waals surface area (Å²) in [5, 5.41) is 3.39. The van der Waals surface area contributed by atoms with Gasteiger partial charge in [-0.3, -0.25) is 4.79 Å². The van der Waals surface area contributed by atoms with Crippen molar-refractivity contribution in [2.75, 3.05) is 32.8 Å². The molecule has 3 aromatic rings. The first-order valence-corrected chi connectivity index (χ1v) is 13.1. The van der Waals surface area contributed by atoms with E-state index in [-0.39, 0.29) is 5.91 Å². The number of hydrogen-bond acceptors (Lipinski definition) is 6. The van der Waals surface area contributed by atoms with Gasteiger partial charge in [0.1, 0.15) is 5.69 Å². The smallest absolute Gasteiger partial charge is 0.253 e. The average molecular weight is 486 g/mol. The van der Waals surface area contributed by atoms with E-state index in [1.54, 1.807) is 6.20 Å². The predicted molar refractivity (Wildman–Crippen MR) is 142 cm³/mol. The average Bonchev–Trinajstić information content (AvgIpc) is 2.97. The summed E-state index contributed by atoms with van der Waals surface area (Å²) in [6, 6.07) is 15.8. The van der Waals surface area contributed by atoms with Gasteiger partial charge in [0, 0.05) is 36.3 Å². The van der Waals surface area contributed by atoms with Crippen molar-refractivity contribution in [1.82, 2.24) is 20.2 Å². The van der Waals surface area contributed by atoms with E-state index in [4.69, 9.17) is 20.4 Å². The molecule has 7 heteroatoms. The lowest BCUT2D eigenvalue weighted by Crippen LogP contribution is -2.35. The third-order valence-electron chi connectivity index (χ3n) is 7.19. The second-order valence-electron chi connectivity index (χ2n) is 9.74. The van der Waals surface area contributed by atoms with Crippen LogP contribution in [-0.2, 0) is 6.54 Å². The third kappa shape index (κ3) is 5.74. The number of carbonyl (C=O) groups excluding carboxylic acids is 1. The van der Waals surface area contributed by atoms with Crippen molar-refractivity contribution < 1.29 is 9.53 Å². The van der Waals surface area contributed by atoms with Gasteiger partial charge in [0.05, 0.1) is 18.5 Å². The number of hydrogen-bond donors (Lipinski definition) is 2. The van der Waals surface area contributed by atoms with E-state index >= 15 is 0 Å². The van der Waals surface area contributed by atoms with Gasteiger partial charge in [-0.15, -0.1) is 0 Å². The normalized spacial score (nSPS) is 16.6. The van der Waals surface area contributed by atoms with Crippen LogP contribution in [0, 0.1) is 5.92 Å². The Morgan fingerprint density at radius 1 is 0.944 bits per heavy atom. The Labute approximate surface area is 213 Å². The molecular weight excluding hydrogens is 450 g/mol. The Kier molecular flexibility index (Phi) is 7.88. The SMILES string of the molecule is NCc1ccc(-c2ncc(OCC3CCNCC3)nc2-c2ccc(C(=O)N3CCCCC3)cc2)cc1. The molecule has 0 atom stereocenters. The van der Waals surface area contributed by atoms with Gasteiger partial charge in [0.25, 0.3) is 5.91 Å². The van der Waals surface area contributed by atoms with Gasteiger partial charge in [-0.2, -0.15) is 0 Å². The van der Waals surface area contributed by atoms with Gasteiger partial charge in [-0.25, -0.2) is 9.97 Å². The summed E-state index contributed by atoms with van der Waals surface area (Å²) >= 11 is 0. The standard InChI is InChI=1S/C29H35N5O2/c30-18-21-4-6-23(7-5-21)27-28(33-26(19-32-27)36-20-22-12-14-31-15-13-22)24-8-10-25(11-9-24)29(35)34-16-2-1-3-17-34/h4-11,19,22,31H,1-3,12-18,20,30H2.